The molecule has 1 N–H and O–H groups in total. The first-order valence-electron chi connectivity index (χ1n) is 7.86. The van der Waals surface area contributed by atoms with Crippen molar-refractivity contribution in [2.24, 2.45) is 0 Å². The highest BCUT2D eigenvalue weighted by Gasteiger charge is 2.17. The van der Waals surface area contributed by atoms with Crippen molar-refractivity contribution in [3.63, 3.8) is 0 Å². The van der Waals surface area contributed by atoms with Gasteiger partial charge in [-0.15, -0.1) is 0 Å². The van der Waals surface area contributed by atoms with Crippen molar-refractivity contribution >= 4 is 5.91 Å². The van der Waals surface area contributed by atoms with E-state index in [1.807, 2.05) is 38.1 Å². The van der Waals surface area contributed by atoms with Crippen LogP contribution in [0.25, 0.3) is 0 Å². The van der Waals surface area contributed by atoms with Crippen molar-refractivity contribution in [1.82, 2.24) is 5.32 Å². The smallest absolute Gasteiger partial charge is 0.261 e. The van der Waals surface area contributed by atoms with Crippen molar-refractivity contribution in [3.05, 3.63) is 59.9 Å². The van der Waals surface area contributed by atoms with Crippen LogP contribution in [0.3, 0.4) is 0 Å². The summed E-state index contributed by atoms with van der Waals surface area (Å²) in [6.07, 6.45) is -0.683. The molecular weight excluding hydrogens is 309 g/mol. The van der Waals surface area contributed by atoms with Gasteiger partial charge in [0.25, 0.3) is 5.91 Å². The second kappa shape index (κ2) is 8.34. The summed E-state index contributed by atoms with van der Waals surface area (Å²) >= 11 is 0. The van der Waals surface area contributed by atoms with Crippen molar-refractivity contribution in [2.75, 3.05) is 6.61 Å². The number of nitrogens with one attached hydrogen (secondary N) is 1. The average Bonchev–Trinajstić information content (AvgIpc) is 2.56. The molecule has 0 heterocycles. The van der Waals surface area contributed by atoms with E-state index in [9.17, 15) is 9.18 Å². The molecule has 2 atom stereocenters. The molecule has 0 saturated heterocycles. The molecule has 0 fully saturated rings. The second-order valence-corrected chi connectivity index (χ2v) is 5.75. The number of amides is 1. The summed E-state index contributed by atoms with van der Waals surface area (Å²) in [4.78, 5) is 12.1. The largest absolute Gasteiger partial charge is 0.491 e. The van der Waals surface area contributed by atoms with E-state index in [0.717, 1.165) is 11.3 Å². The van der Waals surface area contributed by atoms with E-state index in [1.165, 1.54) is 24.3 Å². The molecule has 2 aromatic rings. The van der Waals surface area contributed by atoms with Gasteiger partial charge in [0.2, 0.25) is 0 Å². The normalized spacial score (nSPS) is 13.0. The Balaban J connectivity index is 1.77. The van der Waals surface area contributed by atoms with Crippen molar-refractivity contribution in [2.45, 2.75) is 32.9 Å². The Morgan fingerprint density at radius 2 is 1.62 bits per heavy atom. The van der Waals surface area contributed by atoms with Gasteiger partial charge in [-0.2, -0.15) is 0 Å². The number of aryl methyl sites for hydroxylation is 1. The first-order chi connectivity index (χ1) is 11.4. The van der Waals surface area contributed by atoms with Crippen LogP contribution in [0.2, 0.25) is 0 Å². The van der Waals surface area contributed by atoms with Gasteiger partial charge in [-0.3, -0.25) is 4.79 Å². The Labute approximate surface area is 141 Å². The number of benzene rings is 2. The van der Waals surface area contributed by atoms with E-state index in [1.54, 1.807) is 6.92 Å². The lowest BCUT2D eigenvalue weighted by Gasteiger charge is -2.19. The summed E-state index contributed by atoms with van der Waals surface area (Å²) in [6, 6.07) is 13.1. The summed E-state index contributed by atoms with van der Waals surface area (Å²) in [5.74, 6) is 0.612. The summed E-state index contributed by atoms with van der Waals surface area (Å²) in [5.41, 5.74) is 1.16. The molecule has 24 heavy (non-hydrogen) atoms. The maximum absolute atomic E-state index is 12.9. The molecule has 5 heteroatoms. The molecular formula is C19H22FNO3. The number of carbonyl (C=O) groups excluding carboxylic acids is 1. The van der Waals surface area contributed by atoms with Crippen molar-refractivity contribution in [3.8, 4) is 11.5 Å². The molecule has 1 amide bonds. The predicted molar refractivity (Wildman–Crippen MR) is 90.8 cm³/mol. The minimum Gasteiger partial charge on any atom is -0.491 e. The Morgan fingerprint density at radius 1 is 1.04 bits per heavy atom. The van der Waals surface area contributed by atoms with Gasteiger partial charge >= 0.3 is 0 Å². The van der Waals surface area contributed by atoms with Crippen LogP contribution in [0, 0.1) is 12.7 Å². The first-order valence-corrected chi connectivity index (χ1v) is 7.86. The Hall–Kier alpha value is -2.56. The average molecular weight is 331 g/mol. The Kier molecular flexibility index (Phi) is 6.18. The number of halogens is 1. The molecule has 128 valence electrons. The molecule has 2 rings (SSSR count). The molecule has 2 aromatic carbocycles. The molecule has 0 aliphatic carbocycles. The van der Waals surface area contributed by atoms with E-state index >= 15 is 0 Å². The molecule has 0 aliphatic heterocycles. The van der Waals surface area contributed by atoms with Crippen LogP contribution in [0.4, 0.5) is 4.39 Å². The molecule has 0 aliphatic rings. The molecule has 0 unspecified atom stereocenters. The van der Waals surface area contributed by atoms with Crippen LogP contribution >= 0.6 is 0 Å². The zero-order valence-corrected chi connectivity index (χ0v) is 14.1. The van der Waals surface area contributed by atoms with Gasteiger partial charge in [-0.05, 0) is 57.2 Å². The van der Waals surface area contributed by atoms with Crippen LogP contribution in [-0.4, -0.2) is 24.7 Å². The minimum atomic E-state index is -0.683. The van der Waals surface area contributed by atoms with Gasteiger partial charge in [0, 0.05) is 0 Å². The third-order valence-electron chi connectivity index (χ3n) is 3.41. The van der Waals surface area contributed by atoms with Crippen LogP contribution in [0.5, 0.6) is 11.5 Å². The zero-order valence-electron chi connectivity index (χ0n) is 14.1. The van der Waals surface area contributed by atoms with E-state index in [4.69, 9.17) is 9.47 Å². The third kappa shape index (κ3) is 5.57. The van der Waals surface area contributed by atoms with E-state index in [-0.39, 0.29) is 17.8 Å². The monoisotopic (exact) mass is 331 g/mol. The quantitative estimate of drug-likeness (QED) is 0.845. The fourth-order valence-corrected chi connectivity index (χ4v) is 2.03. The van der Waals surface area contributed by atoms with Gasteiger partial charge in [0.1, 0.15) is 23.9 Å². The Bertz CT molecular complexity index is 655. The second-order valence-electron chi connectivity index (χ2n) is 5.75. The molecule has 4 nitrogen and oxygen atoms in total. The third-order valence-corrected chi connectivity index (χ3v) is 3.41. The highest BCUT2D eigenvalue weighted by molar-refractivity contribution is 5.80. The van der Waals surface area contributed by atoms with E-state index < -0.39 is 6.10 Å². The molecule has 0 bridgehead atoms. The van der Waals surface area contributed by atoms with Gasteiger partial charge < -0.3 is 14.8 Å². The standard InChI is InChI=1S/C19H22FNO3/c1-13-4-8-17(9-5-13)23-12-14(2)21-19(22)15(3)24-18-10-6-16(20)7-11-18/h4-11,14-15H,12H2,1-3H3,(H,21,22)/t14-,15-/m0/s1. The number of ether oxygens (including phenoxy) is 2. The predicted octanol–water partition coefficient (Wildman–Crippen LogP) is 3.49. The Morgan fingerprint density at radius 3 is 2.25 bits per heavy atom. The van der Waals surface area contributed by atoms with Crippen LogP contribution < -0.4 is 14.8 Å². The fourth-order valence-electron chi connectivity index (χ4n) is 2.03. The molecule has 0 radical (unpaired) electrons. The van der Waals surface area contributed by atoms with E-state index in [0.29, 0.717) is 12.4 Å². The first kappa shape index (κ1) is 17.8. The molecule has 0 aromatic heterocycles. The van der Waals surface area contributed by atoms with E-state index in [2.05, 4.69) is 5.32 Å². The SMILES string of the molecule is Cc1ccc(OC[C@H](C)NC(=O)[C@H](C)Oc2ccc(F)cc2)cc1. The van der Waals surface area contributed by atoms with Gasteiger partial charge in [0.05, 0.1) is 6.04 Å². The number of hydrogen-bond acceptors (Lipinski definition) is 3. The van der Waals surface area contributed by atoms with Gasteiger partial charge in [0.15, 0.2) is 6.10 Å². The van der Waals surface area contributed by atoms with Gasteiger partial charge in [-0.25, -0.2) is 4.39 Å². The van der Waals surface area contributed by atoms with Crippen LogP contribution in [-0.2, 0) is 4.79 Å². The minimum absolute atomic E-state index is 0.168. The summed E-state index contributed by atoms with van der Waals surface area (Å²) in [7, 11) is 0. The summed E-state index contributed by atoms with van der Waals surface area (Å²) in [5, 5.41) is 2.83. The molecule has 0 spiro atoms. The highest BCUT2D eigenvalue weighted by Crippen LogP contribution is 2.13. The topological polar surface area (TPSA) is 47.6 Å². The number of hydrogen-bond donors (Lipinski definition) is 1. The van der Waals surface area contributed by atoms with Crippen molar-refractivity contribution < 1.29 is 18.7 Å². The fraction of sp³-hybridized carbons (Fsp3) is 0.316. The van der Waals surface area contributed by atoms with Crippen molar-refractivity contribution in [1.29, 1.82) is 0 Å². The van der Waals surface area contributed by atoms with Gasteiger partial charge in [-0.1, -0.05) is 17.7 Å². The van der Waals surface area contributed by atoms with Crippen LogP contribution in [0.1, 0.15) is 19.4 Å². The number of carbonyl (C=O) groups is 1. The van der Waals surface area contributed by atoms with Crippen LogP contribution in [0.15, 0.2) is 48.5 Å². The number of rotatable bonds is 7. The summed E-state index contributed by atoms with van der Waals surface area (Å²) < 4.78 is 24.0. The zero-order chi connectivity index (χ0) is 17.5. The lowest BCUT2D eigenvalue weighted by atomic mass is 10.2. The lowest BCUT2D eigenvalue weighted by molar-refractivity contribution is -0.128. The maximum Gasteiger partial charge on any atom is 0.261 e. The lowest BCUT2D eigenvalue weighted by Crippen LogP contribution is -2.43. The summed E-state index contributed by atoms with van der Waals surface area (Å²) in [6.45, 7) is 5.87. The highest BCUT2D eigenvalue weighted by atomic mass is 19.1. The maximum atomic E-state index is 12.9. The molecule has 0 saturated carbocycles.